The second-order valence-corrected chi connectivity index (χ2v) is 5.15. The summed E-state index contributed by atoms with van der Waals surface area (Å²) in [4.78, 5) is 0. The summed E-state index contributed by atoms with van der Waals surface area (Å²) in [5.41, 5.74) is 2.82. The molecule has 0 radical (unpaired) electrons. The van der Waals surface area contributed by atoms with Crippen molar-refractivity contribution in [1.29, 1.82) is 0 Å². The van der Waals surface area contributed by atoms with Crippen LogP contribution in [0.15, 0.2) is 48.8 Å². The van der Waals surface area contributed by atoms with E-state index in [-0.39, 0.29) is 6.04 Å². The summed E-state index contributed by atoms with van der Waals surface area (Å²) in [7, 11) is 3.76. The number of halogens is 1. The first-order valence-corrected chi connectivity index (χ1v) is 7.04. The summed E-state index contributed by atoms with van der Waals surface area (Å²) in [6.07, 6.45) is 3.59. The zero-order chi connectivity index (χ0) is 14.8. The van der Waals surface area contributed by atoms with Crippen LogP contribution in [-0.4, -0.2) is 26.6 Å². The van der Waals surface area contributed by atoms with Gasteiger partial charge in [-0.25, -0.2) is 4.68 Å². The monoisotopic (exact) mass is 301 g/mol. The van der Waals surface area contributed by atoms with Gasteiger partial charge in [-0.1, -0.05) is 29.8 Å². The number of aromatic nitrogens is 4. The van der Waals surface area contributed by atoms with E-state index in [0.29, 0.717) is 5.02 Å². The van der Waals surface area contributed by atoms with Crippen molar-refractivity contribution in [1.82, 2.24) is 24.9 Å². The maximum Gasteiger partial charge on any atom is 0.0953 e. The standard InChI is InChI=1S/C15H16ClN5/c1-17-14(15-12(16)10-18-20(15)2)13-8-9-21(19-13)11-6-4-3-5-7-11/h3-10,14,17H,1-2H3. The van der Waals surface area contributed by atoms with Gasteiger partial charge in [-0.2, -0.15) is 10.2 Å². The zero-order valence-electron chi connectivity index (χ0n) is 11.9. The van der Waals surface area contributed by atoms with E-state index in [4.69, 9.17) is 11.6 Å². The van der Waals surface area contributed by atoms with Crippen molar-refractivity contribution < 1.29 is 0 Å². The van der Waals surface area contributed by atoms with Gasteiger partial charge < -0.3 is 5.32 Å². The highest BCUT2D eigenvalue weighted by atomic mass is 35.5. The molecule has 21 heavy (non-hydrogen) atoms. The van der Waals surface area contributed by atoms with Gasteiger partial charge in [-0.05, 0) is 25.2 Å². The van der Waals surface area contributed by atoms with Crippen LogP contribution in [0.25, 0.3) is 5.69 Å². The molecule has 0 fully saturated rings. The van der Waals surface area contributed by atoms with E-state index in [2.05, 4.69) is 15.5 Å². The summed E-state index contributed by atoms with van der Waals surface area (Å²) in [5, 5.41) is 12.7. The maximum atomic E-state index is 6.23. The average molecular weight is 302 g/mol. The van der Waals surface area contributed by atoms with Gasteiger partial charge in [0.2, 0.25) is 0 Å². The Bertz CT molecular complexity index is 712. The number of hydrogen-bond acceptors (Lipinski definition) is 3. The van der Waals surface area contributed by atoms with Crippen LogP contribution in [0.1, 0.15) is 17.4 Å². The van der Waals surface area contributed by atoms with Crippen molar-refractivity contribution in [2.24, 2.45) is 7.05 Å². The molecular formula is C15H16ClN5. The summed E-state index contributed by atoms with van der Waals surface area (Å²) in [5.74, 6) is 0. The zero-order valence-corrected chi connectivity index (χ0v) is 12.6. The van der Waals surface area contributed by atoms with Crippen molar-refractivity contribution >= 4 is 11.6 Å². The molecule has 1 unspecified atom stereocenters. The summed E-state index contributed by atoms with van der Waals surface area (Å²) >= 11 is 6.23. The lowest BCUT2D eigenvalue weighted by Crippen LogP contribution is -2.21. The van der Waals surface area contributed by atoms with Crippen LogP contribution in [0.3, 0.4) is 0 Å². The molecule has 5 nitrogen and oxygen atoms in total. The molecule has 0 bridgehead atoms. The Morgan fingerprint density at radius 1 is 1.19 bits per heavy atom. The van der Waals surface area contributed by atoms with Crippen molar-refractivity contribution in [2.75, 3.05) is 7.05 Å². The third-order valence-electron chi connectivity index (χ3n) is 3.43. The number of aryl methyl sites for hydroxylation is 1. The Hall–Kier alpha value is -2.11. The molecule has 0 saturated carbocycles. The van der Waals surface area contributed by atoms with Gasteiger partial charge in [0.15, 0.2) is 0 Å². The highest BCUT2D eigenvalue weighted by Crippen LogP contribution is 2.26. The molecule has 0 aliphatic rings. The van der Waals surface area contributed by atoms with Crippen LogP contribution in [0.4, 0.5) is 0 Å². The molecular weight excluding hydrogens is 286 g/mol. The molecule has 2 aromatic heterocycles. The molecule has 1 N–H and O–H groups in total. The molecule has 0 aliphatic heterocycles. The fourth-order valence-corrected chi connectivity index (χ4v) is 2.66. The molecule has 3 rings (SSSR count). The van der Waals surface area contributed by atoms with Crippen LogP contribution < -0.4 is 5.32 Å². The van der Waals surface area contributed by atoms with E-state index in [1.165, 1.54) is 0 Å². The molecule has 6 heteroatoms. The molecule has 1 atom stereocenters. The molecule has 1 aromatic carbocycles. The Morgan fingerprint density at radius 3 is 2.57 bits per heavy atom. The van der Waals surface area contributed by atoms with E-state index >= 15 is 0 Å². The summed E-state index contributed by atoms with van der Waals surface area (Å²) < 4.78 is 3.62. The first kappa shape index (κ1) is 13.9. The second kappa shape index (κ2) is 5.71. The number of benzene rings is 1. The fourth-order valence-electron chi connectivity index (χ4n) is 2.39. The topological polar surface area (TPSA) is 47.7 Å². The summed E-state index contributed by atoms with van der Waals surface area (Å²) in [6, 6.07) is 11.9. The summed E-state index contributed by atoms with van der Waals surface area (Å²) in [6.45, 7) is 0. The van der Waals surface area contributed by atoms with Crippen molar-refractivity contribution in [2.45, 2.75) is 6.04 Å². The third-order valence-corrected chi connectivity index (χ3v) is 3.72. The number of nitrogens with zero attached hydrogens (tertiary/aromatic N) is 4. The molecule has 0 saturated heterocycles. The van der Waals surface area contributed by atoms with Crippen LogP contribution in [0.2, 0.25) is 5.02 Å². The number of nitrogens with one attached hydrogen (secondary N) is 1. The second-order valence-electron chi connectivity index (χ2n) is 4.74. The first-order valence-electron chi connectivity index (χ1n) is 6.66. The fraction of sp³-hybridized carbons (Fsp3) is 0.200. The maximum absolute atomic E-state index is 6.23. The van der Waals surface area contributed by atoms with E-state index in [1.54, 1.807) is 10.9 Å². The van der Waals surface area contributed by atoms with E-state index in [9.17, 15) is 0 Å². The smallest absolute Gasteiger partial charge is 0.0953 e. The predicted molar refractivity (Wildman–Crippen MR) is 82.7 cm³/mol. The van der Waals surface area contributed by atoms with Crippen molar-refractivity contribution in [3.05, 3.63) is 65.2 Å². The number of para-hydroxylation sites is 1. The normalized spacial score (nSPS) is 12.5. The van der Waals surface area contributed by atoms with E-state index in [1.807, 2.05) is 61.4 Å². The SMILES string of the molecule is CNC(c1ccn(-c2ccccc2)n1)c1c(Cl)cnn1C. The average Bonchev–Trinajstić information content (AvgIpc) is 3.11. The Morgan fingerprint density at radius 2 is 1.95 bits per heavy atom. The van der Waals surface area contributed by atoms with Crippen LogP contribution in [0.5, 0.6) is 0 Å². The van der Waals surface area contributed by atoms with Gasteiger partial charge in [-0.3, -0.25) is 4.68 Å². The molecule has 0 spiro atoms. The van der Waals surface area contributed by atoms with Gasteiger partial charge in [0.1, 0.15) is 0 Å². The molecule has 108 valence electrons. The quantitative estimate of drug-likeness (QED) is 0.806. The molecule has 2 heterocycles. The minimum atomic E-state index is -0.102. The van der Waals surface area contributed by atoms with Crippen LogP contribution in [-0.2, 0) is 7.05 Å². The Balaban J connectivity index is 1.98. The predicted octanol–water partition coefficient (Wildman–Crippen LogP) is 2.57. The largest absolute Gasteiger partial charge is 0.307 e. The molecule has 0 amide bonds. The van der Waals surface area contributed by atoms with Crippen LogP contribution >= 0.6 is 11.6 Å². The third kappa shape index (κ3) is 2.57. The number of rotatable bonds is 4. The van der Waals surface area contributed by atoms with Gasteiger partial charge in [0.05, 0.1) is 34.3 Å². The molecule has 3 aromatic rings. The first-order chi connectivity index (χ1) is 10.2. The van der Waals surface area contributed by atoms with E-state index in [0.717, 1.165) is 17.1 Å². The van der Waals surface area contributed by atoms with Gasteiger partial charge in [0, 0.05) is 13.2 Å². The van der Waals surface area contributed by atoms with Gasteiger partial charge in [-0.15, -0.1) is 0 Å². The lowest BCUT2D eigenvalue weighted by molar-refractivity contribution is 0.589. The highest BCUT2D eigenvalue weighted by molar-refractivity contribution is 6.31. The lowest BCUT2D eigenvalue weighted by atomic mass is 10.1. The Kier molecular flexibility index (Phi) is 3.77. The minimum absolute atomic E-state index is 0.102. The van der Waals surface area contributed by atoms with E-state index < -0.39 is 0 Å². The minimum Gasteiger partial charge on any atom is -0.307 e. The number of hydrogen-bond donors (Lipinski definition) is 1. The van der Waals surface area contributed by atoms with Gasteiger partial charge >= 0.3 is 0 Å². The lowest BCUT2D eigenvalue weighted by Gasteiger charge is -2.15. The van der Waals surface area contributed by atoms with Crippen LogP contribution in [0, 0.1) is 0 Å². The van der Waals surface area contributed by atoms with Crippen molar-refractivity contribution in [3.63, 3.8) is 0 Å². The molecule has 0 aliphatic carbocycles. The highest BCUT2D eigenvalue weighted by Gasteiger charge is 2.21. The van der Waals surface area contributed by atoms with Crippen molar-refractivity contribution in [3.8, 4) is 5.69 Å². The Labute approximate surface area is 128 Å². The van der Waals surface area contributed by atoms with Gasteiger partial charge in [0.25, 0.3) is 0 Å².